The smallest absolute Gasteiger partial charge is 0.321 e. The Morgan fingerprint density at radius 2 is 1.65 bits per heavy atom. The Hall–Kier alpha value is -3.60. The Balaban J connectivity index is 1.67. The SMILES string of the molecule is COc1ccc(-c2cc(-c3ccccc3)nc(SCC(=O)Oc3ccc(Br)cc3)c2C#N)cc1. The highest BCUT2D eigenvalue weighted by Crippen LogP contribution is 2.35. The van der Waals surface area contributed by atoms with E-state index in [0.29, 0.717) is 22.0 Å². The third-order valence-corrected chi connectivity index (χ3v) is 6.42. The minimum atomic E-state index is -0.422. The van der Waals surface area contributed by atoms with Crippen molar-refractivity contribution in [3.05, 3.63) is 95.0 Å². The first kappa shape index (κ1) is 23.6. The van der Waals surface area contributed by atoms with E-state index in [1.807, 2.05) is 60.7 Å². The van der Waals surface area contributed by atoms with Crippen LogP contribution in [0.5, 0.6) is 11.5 Å². The van der Waals surface area contributed by atoms with Crippen molar-refractivity contribution < 1.29 is 14.3 Å². The summed E-state index contributed by atoms with van der Waals surface area (Å²) in [4.78, 5) is 17.2. The number of rotatable bonds is 7. The van der Waals surface area contributed by atoms with Crippen molar-refractivity contribution in [2.75, 3.05) is 12.9 Å². The van der Waals surface area contributed by atoms with Gasteiger partial charge in [-0.05, 0) is 48.0 Å². The lowest BCUT2D eigenvalue weighted by Gasteiger charge is -2.13. The predicted molar refractivity (Wildman–Crippen MR) is 137 cm³/mol. The molecule has 0 saturated carbocycles. The Morgan fingerprint density at radius 1 is 0.971 bits per heavy atom. The maximum absolute atomic E-state index is 12.5. The number of carbonyl (C=O) groups is 1. The molecule has 3 aromatic carbocycles. The zero-order valence-corrected chi connectivity index (χ0v) is 20.6. The molecule has 1 heterocycles. The van der Waals surface area contributed by atoms with Gasteiger partial charge in [-0.3, -0.25) is 4.79 Å². The molecule has 7 heteroatoms. The normalized spacial score (nSPS) is 10.4. The van der Waals surface area contributed by atoms with Gasteiger partial charge in [-0.25, -0.2) is 4.98 Å². The molecule has 0 aliphatic rings. The van der Waals surface area contributed by atoms with Crippen molar-refractivity contribution in [1.29, 1.82) is 5.26 Å². The van der Waals surface area contributed by atoms with Crippen molar-refractivity contribution in [3.63, 3.8) is 0 Å². The van der Waals surface area contributed by atoms with Crippen molar-refractivity contribution in [1.82, 2.24) is 4.98 Å². The molecule has 0 aliphatic carbocycles. The summed E-state index contributed by atoms with van der Waals surface area (Å²) >= 11 is 4.54. The average Bonchev–Trinajstić information content (AvgIpc) is 2.88. The second kappa shape index (κ2) is 11.0. The third-order valence-electron chi connectivity index (χ3n) is 4.94. The van der Waals surface area contributed by atoms with E-state index in [-0.39, 0.29) is 5.75 Å². The number of ether oxygens (including phenoxy) is 2. The topological polar surface area (TPSA) is 72.2 Å². The van der Waals surface area contributed by atoms with E-state index < -0.39 is 5.97 Å². The number of hydrogen-bond acceptors (Lipinski definition) is 6. The Bertz CT molecular complexity index is 1340. The molecule has 0 amide bonds. The highest BCUT2D eigenvalue weighted by molar-refractivity contribution is 9.10. The summed E-state index contributed by atoms with van der Waals surface area (Å²) in [6.45, 7) is 0. The van der Waals surface area contributed by atoms with Crippen LogP contribution in [0.2, 0.25) is 0 Å². The van der Waals surface area contributed by atoms with Gasteiger partial charge in [0, 0.05) is 15.6 Å². The average molecular weight is 531 g/mol. The summed E-state index contributed by atoms with van der Waals surface area (Å²) in [5.41, 5.74) is 3.64. The summed E-state index contributed by atoms with van der Waals surface area (Å²) < 4.78 is 11.6. The Kier molecular flexibility index (Phi) is 7.63. The van der Waals surface area contributed by atoms with Crippen LogP contribution < -0.4 is 9.47 Å². The highest BCUT2D eigenvalue weighted by atomic mass is 79.9. The summed E-state index contributed by atoms with van der Waals surface area (Å²) in [7, 11) is 1.61. The molecule has 168 valence electrons. The summed E-state index contributed by atoms with van der Waals surface area (Å²) in [5.74, 6) is 0.774. The molecule has 0 unspecified atom stereocenters. The van der Waals surface area contributed by atoms with Gasteiger partial charge in [0.05, 0.1) is 24.1 Å². The predicted octanol–water partition coefficient (Wildman–Crippen LogP) is 6.76. The molecule has 0 spiro atoms. The molecule has 0 aliphatic heterocycles. The van der Waals surface area contributed by atoms with E-state index in [2.05, 4.69) is 22.0 Å². The number of carbonyl (C=O) groups excluding carboxylic acids is 1. The van der Waals surface area contributed by atoms with Crippen LogP contribution in [0.1, 0.15) is 5.56 Å². The van der Waals surface area contributed by atoms with Crippen LogP contribution in [0.15, 0.2) is 94.4 Å². The maximum atomic E-state index is 12.5. The Labute approximate surface area is 210 Å². The monoisotopic (exact) mass is 530 g/mol. The second-order valence-electron chi connectivity index (χ2n) is 7.16. The molecule has 0 bridgehead atoms. The van der Waals surface area contributed by atoms with Gasteiger partial charge < -0.3 is 9.47 Å². The van der Waals surface area contributed by atoms with Crippen LogP contribution in [0.25, 0.3) is 22.4 Å². The van der Waals surface area contributed by atoms with E-state index in [0.717, 1.165) is 26.9 Å². The molecule has 0 atom stereocenters. The minimum absolute atomic E-state index is 0.0119. The molecule has 0 N–H and O–H groups in total. The van der Waals surface area contributed by atoms with Gasteiger partial charge in [-0.1, -0.05) is 70.2 Å². The van der Waals surface area contributed by atoms with Gasteiger partial charge in [-0.15, -0.1) is 0 Å². The lowest BCUT2D eigenvalue weighted by Crippen LogP contribution is -2.11. The van der Waals surface area contributed by atoms with Gasteiger partial charge >= 0.3 is 5.97 Å². The van der Waals surface area contributed by atoms with Gasteiger partial charge in [-0.2, -0.15) is 5.26 Å². The second-order valence-corrected chi connectivity index (χ2v) is 9.04. The van der Waals surface area contributed by atoms with E-state index in [1.54, 1.807) is 31.4 Å². The van der Waals surface area contributed by atoms with E-state index in [1.165, 1.54) is 11.8 Å². The zero-order chi connectivity index (χ0) is 23.9. The molecule has 0 fully saturated rings. The molecule has 5 nitrogen and oxygen atoms in total. The quantitative estimate of drug-likeness (QED) is 0.149. The zero-order valence-electron chi connectivity index (χ0n) is 18.2. The van der Waals surface area contributed by atoms with Gasteiger partial charge in [0.1, 0.15) is 22.6 Å². The summed E-state index contributed by atoms with van der Waals surface area (Å²) in [6.07, 6.45) is 0. The van der Waals surface area contributed by atoms with Crippen molar-refractivity contribution in [2.24, 2.45) is 0 Å². The Morgan fingerprint density at radius 3 is 2.29 bits per heavy atom. The number of methoxy groups -OCH3 is 1. The molecule has 0 radical (unpaired) electrons. The highest BCUT2D eigenvalue weighted by Gasteiger charge is 2.18. The number of pyridine rings is 1. The van der Waals surface area contributed by atoms with Crippen LogP contribution in [0, 0.1) is 11.3 Å². The number of esters is 1. The first-order chi connectivity index (χ1) is 16.6. The third kappa shape index (κ3) is 5.66. The number of halogens is 1. The van der Waals surface area contributed by atoms with E-state index >= 15 is 0 Å². The van der Waals surface area contributed by atoms with Crippen LogP contribution in [0.4, 0.5) is 0 Å². The molecular weight excluding hydrogens is 512 g/mol. The van der Waals surface area contributed by atoms with Crippen molar-refractivity contribution in [2.45, 2.75) is 5.03 Å². The number of nitrogens with zero attached hydrogens (tertiary/aromatic N) is 2. The minimum Gasteiger partial charge on any atom is -0.497 e. The standard InChI is InChI=1S/C27H19BrN2O3S/c1-32-21-11-7-18(8-12-21)23-15-25(19-5-3-2-4-6-19)30-27(24(23)16-29)34-17-26(31)33-22-13-9-20(28)10-14-22/h2-15H,17H2,1H3. The first-order valence-electron chi connectivity index (χ1n) is 10.3. The van der Waals surface area contributed by atoms with Crippen LogP contribution >= 0.6 is 27.7 Å². The van der Waals surface area contributed by atoms with Crippen molar-refractivity contribution >= 4 is 33.7 Å². The lowest BCUT2D eigenvalue weighted by atomic mass is 9.99. The molecule has 1 aromatic heterocycles. The fourth-order valence-corrected chi connectivity index (χ4v) is 4.32. The van der Waals surface area contributed by atoms with Gasteiger partial charge in [0.2, 0.25) is 0 Å². The van der Waals surface area contributed by atoms with Gasteiger partial charge in [0.15, 0.2) is 0 Å². The lowest BCUT2D eigenvalue weighted by molar-refractivity contribution is -0.131. The number of nitriles is 1. The maximum Gasteiger partial charge on any atom is 0.321 e. The number of benzene rings is 3. The fraction of sp³-hybridized carbons (Fsp3) is 0.0741. The summed E-state index contributed by atoms with van der Waals surface area (Å²) in [6, 6.07) is 28.4. The van der Waals surface area contributed by atoms with E-state index in [4.69, 9.17) is 14.5 Å². The number of aromatic nitrogens is 1. The summed E-state index contributed by atoms with van der Waals surface area (Å²) in [5, 5.41) is 10.5. The van der Waals surface area contributed by atoms with Gasteiger partial charge in [0.25, 0.3) is 0 Å². The largest absolute Gasteiger partial charge is 0.497 e. The first-order valence-corrected chi connectivity index (χ1v) is 12.1. The fourth-order valence-electron chi connectivity index (χ4n) is 3.28. The number of thioether (sulfide) groups is 1. The van der Waals surface area contributed by atoms with Crippen LogP contribution in [0.3, 0.4) is 0 Å². The van der Waals surface area contributed by atoms with Crippen LogP contribution in [-0.4, -0.2) is 23.8 Å². The molecule has 0 saturated heterocycles. The molecule has 34 heavy (non-hydrogen) atoms. The van der Waals surface area contributed by atoms with Crippen LogP contribution in [-0.2, 0) is 4.79 Å². The molecular formula is C27H19BrN2O3S. The number of hydrogen-bond donors (Lipinski definition) is 0. The van der Waals surface area contributed by atoms with Crippen molar-refractivity contribution in [3.8, 4) is 40.0 Å². The van der Waals surface area contributed by atoms with E-state index in [9.17, 15) is 10.1 Å². The molecule has 4 rings (SSSR count). The molecule has 4 aromatic rings.